The van der Waals surface area contributed by atoms with Gasteiger partial charge in [0, 0.05) is 49.0 Å². The van der Waals surface area contributed by atoms with E-state index in [1.165, 1.54) is 4.90 Å². The van der Waals surface area contributed by atoms with E-state index in [1.807, 2.05) is 24.3 Å². The molecule has 0 aliphatic carbocycles. The van der Waals surface area contributed by atoms with E-state index in [0.29, 0.717) is 16.9 Å². The number of carbonyl (C=O) groups is 2. The molecule has 4 heterocycles. The van der Waals surface area contributed by atoms with Crippen molar-refractivity contribution in [3.05, 3.63) is 60.4 Å². The van der Waals surface area contributed by atoms with Crippen LogP contribution in [0.2, 0.25) is 0 Å². The Balaban J connectivity index is 1.22. The van der Waals surface area contributed by atoms with Crippen LogP contribution in [0.4, 0.5) is 15.9 Å². The minimum absolute atomic E-state index is 0.0923. The molecular formula is C26H30FN7O2. The number of carbonyl (C=O) groups excluding carboxylic acids is 2. The van der Waals surface area contributed by atoms with Gasteiger partial charge >= 0.3 is 0 Å². The molecule has 188 valence electrons. The van der Waals surface area contributed by atoms with Gasteiger partial charge in [0.15, 0.2) is 0 Å². The molecule has 2 aliphatic heterocycles. The Kier molecular flexibility index (Phi) is 7.06. The average molecular weight is 492 g/mol. The van der Waals surface area contributed by atoms with Gasteiger partial charge in [-0.25, -0.2) is 9.37 Å². The smallest absolute Gasteiger partial charge is 0.259 e. The number of fused-ring (bicyclic) bond motifs is 1. The molecule has 0 bridgehead atoms. The molecule has 2 aliphatic rings. The lowest BCUT2D eigenvalue weighted by atomic mass is 10.0. The van der Waals surface area contributed by atoms with Crippen LogP contribution in [0.25, 0.3) is 10.9 Å². The van der Waals surface area contributed by atoms with Crippen LogP contribution >= 0.6 is 0 Å². The summed E-state index contributed by atoms with van der Waals surface area (Å²) in [5, 5.41) is 7.30. The van der Waals surface area contributed by atoms with Crippen LogP contribution in [0.1, 0.15) is 29.6 Å². The van der Waals surface area contributed by atoms with Gasteiger partial charge in [0.05, 0.1) is 30.3 Å². The summed E-state index contributed by atoms with van der Waals surface area (Å²) in [7, 11) is 0. The second-order valence-electron chi connectivity index (χ2n) is 9.37. The molecule has 5 rings (SSSR count). The Morgan fingerprint density at radius 1 is 1.06 bits per heavy atom. The molecule has 2 fully saturated rings. The summed E-state index contributed by atoms with van der Waals surface area (Å²) in [6.07, 6.45) is 3.67. The Hall–Kier alpha value is -3.63. The number of benzene rings is 1. The number of aromatic nitrogens is 2. The van der Waals surface area contributed by atoms with Crippen molar-refractivity contribution in [2.75, 3.05) is 36.8 Å². The van der Waals surface area contributed by atoms with E-state index in [4.69, 9.17) is 5.73 Å². The predicted octanol–water partition coefficient (Wildman–Crippen LogP) is 2.61. The molecule has 0 unspecified atom stereocenters. The number of alkyl halides is 1. The van der Waals surface area contributed by atoms with Crippen LogP contribution in [-0.4, -0.2) is 76.1 Å². The summed E-state index contributed by atoms with van der Waals surface area (Å²) in [4.78, 5) is 37.7. The zero-order valence-corrected chi connectivity index (χ0v) is 19.9. The number of nitrogens with one attached hydrogen (secondary N) is 2. The van der Waals surface area contributed by atoms with Gasteiger partial charge in [0.25, 0.3) is 5.91 Å². The maximum Gasteiger partial charge on any atom is 0.259 e. The Morgan fingerprint density at radius 3 is 2.58 bits per heavy atom. The van der Waals surface area contributed by atoms with Crippen molar-refractivity contribution in [3.63, 3.8) is 0 Å². The number of pyridine rings is 2. The highest BCUT2D eigenvalue weighted by Gasteiger charge is 2.34. The van der Waals surface area contributed by atoms with Crippen LogP contribution < -0.4 is 16.4 Å². The van der Waals surface area contributed by atoms with Crippen LogP contribution in [0.15, 0.2) is 54.9 Å². The number of hydrogen-bond donors (Lipinski definition) is 3. The lowest BCUT2D eigenvalue weighted by Gasteiger charge is -2.34. The first kappa shape index (κ1) is 24.1. The molecule has 9 nitrogen and oxygen atoms in total. The molecule has 36 heavy (non-hydrogen) atoms. The van der Waals surface area contributed by atoms with E-state index in [9.17, 15) is 14.0 Å². The van der Waals surface area contributed by atoms with Gasteiger partial charge in [-0.1, -0.05) is 6.07 Å². The van der Waals surface area contributed by atoms with Crippen molar-refractivity contribution in [1.82, 2.24) is 19.8 Å². The molecule has 2 atom stereocenters. The highest BCUT2D eigenvalue weighted by atomic mass is 19.1. The van der Waals surface area contributed by atoms with Crippen molar-refractivity contribution >= 4 is 34.2 Å². The van der Waals surface area contributed by atoms with E-state index in [-0.39, 0.29) is 37.4 Å². The first-order valence-corrected chi connectivity index (χ1v) is 12.3. The van der Waals surface area contributed by atoms with Crippen LogP contribution in [0.3, 0.4) is 0 Å². The lowest BCUT2D eigenvalue weighted by molar-refractivity contribution is -0.133. The van der Waals surface area contributed by atoms with Gasteiger partial charge in [-0.15, -0.1) is 0 Å². The maximum atomic E-state index is 13.6. The van der Waals surface area contributed by atoms with E-state index >= 15 is 0 Å². The normalized spacial score (nSPS) is 21.0. The summed E-state index contributed by atoms with van der Waals surface area (Å²) >= 11 is 0. The number of likely N-dealkylation sites (tertiary alicyclic amines) is 2. The fourth-order valence-corrected chi connectivity index (χ4v) is 4.94. The molecule has 4 N–H and O–H groups in total. The molecule has 10 heteroatoms. The zero-order chi connectivity index (χ0) is 25.1. The van der Waals surface area contributed by atoms with Crippen LogP contribution in [0.5, 0.6) is 0 Å². The van der Waals surface area contributed by atoms with Crippen LogP contribution in [-0.2, 0) is 4.79 Å². The minimum atomic E-state index is -1.03. The number of halogens is 1. The number of anilines is 2. The predicted molar refractivity (Wildman–Crippen MR) is 136 cm³/mol. The summed E-state index contributed by atoms with van der Waals surface area (Å²) in [5.74, 6) is 0.111. The SMILES string of the molecule is N[C@@H]1C[C@H](F)CN1C(=O)CN1CCC(Nc2ccc(C(=O)Nc3ccccn3)c3ncccc23)CC1. The van der Waals surface area contributed by atoms with Crippen molar-refractivity contribution in [2.24, 2.45) is 5.73 Å². The van der Waals surface area contributed by atoms with Gasteiger partial charge in [0.2, 0.25) is 5.91 Å². The largest absolute Gasteiger partial charge is 0.382 e. The average Bonchev–Trinajstić information content (AvgIpc) is 3.23. The topological polar surface area (TPSA) is 116 Å². The van der Waals surface area contributed by atoms with Crippen LogP contribution in [0, 0.1) is 0 Å². The second-order valence-corrected chi connectivity index (χ2v) is 9.37. The summed E-state index contributed by atoms with van der Waals surface area (Å²) in [5.41, 5.74) is 7.91. The third-order valence-electron chi connectivity index (χ3n) is 6.84. The van der Waals surface area contributed by atoms with Crippen molar-refractivity contribution in [2.45, 2.75) is 37.6 Å². The van der Waals surface area contributed by atoms with Crippen molar-refractivity contribution < 1.29 is 14.0 Å². The number of nitrogens with two attached hydrogens (primary N) is 1. The summed E-state index contributed by atoms with van der Waals surface area (Å²) < 4.78 is 13.6. The monoisotopic (exact) mass is 491 g/mol. The Labute approximate surface area is 208 Å². The van der Waals surface area contributed by atoms with Gasteiger partial charge in [0.1, 0.15) is 12.0 Å². The van der Waals surface area contributed by atoms with Gasteiger partial charge in [-0.2, -0.15) is 0 Å². The molecule has 0 radical (unpaired) electrons. The molecular weight excluding hydrogens is 461 g/mol. The minimum Gasteiger partial charge on any atom is -0.382 e. The molecule has 2 amide bonds. The molecule has 1 aromatic carbocycles. The molecule has 2 aromatic heterocycles. The fourth-order valence-electron chi connectivity index (χ4n) is 4.94. The van der Waals surface area contributed by atoms with E-state index < -0.39 is 12.3 Å². The number of amides is 2. The summed E-state index contributed by atoms with van der Waals surface area (Å²) in [6.45, 7) is 1.87. The van der Waals surface area contributed by atoms with E-state index in [1.54, 1.807) is 30.6 Å². The molecule has 3 aromatic rings. The quantitative estimate of drug-likeness (QED) is 0.485. The zero-order valence-electron chi connectivity index (χ0n) is 19.9. The second kappa shape index (κ2) is 10.5. The van der Waals surface area contributed by atoms with E-state index in [2.05, 4.69) is 25.5 Å². The third kappa shape index (κ3) is 5.29. The first-order chi connectivity index (χ1) is 17.5. The Morgan fingerprint density at radius 2 is 1.86 bits per heavy atom. The fraction of sp³-hybridized carbons (Fsp3) is 0.385. The lowest BCUT2D eigenvalue weighted by Crippen LogP contribution is -2.48. The van der Waals surface area contributed by atoms with Gasteiger partial charge < -0.3 is 21.3 Å². The highest BCUT2D eigenvalue weighted by molar-refractivity contribution is 6.13. The van der Waals surface area contributed by atoms with Gasteiger partial charge in [-0.3, -0.25) is 19.5 Å². The molecule has 0 spiro atoms. The Bertz CT molecular complexity index is 1230. The van der Waals surface area contributed by atoms with Crippen molar-refractivity contribution in [3.8, 4) is 0 Å². The summed E-state index contributed by atoms with van der Waals surface area (Å²) in [6, 6.07) is 13.1. The van der Waals surface area contributed by atoms with E-state index in [0.717, 1.165) is 37.0 Å². The standard InChI is InChI=1S/C26H30FN7O2/c27-17-14-22(28)34(15-17)24(35)16-33-12-8-18(9-13-33)31-21-7-6-20(25-19(21)4-3-11-30-25)26(36)32-23-5-1-2-10-29-23/h1-7,10-11,17-18,22,31H,8-9,12-16,28H2,(H,29,32,36)/t17-,22-/m0/s1. The van der Waals surface area contributed by atoms with Gasteiger partial charge in [-0.05, 0) is 49.2 Å². The number of piperidine rings is 1. The highest BCUT2D eigenvalue weighted by Crippen LogP contribution is 2.28. The van der Waals surface area contributed by atoms with Crippen molar-refractivity contribution in [1.29, 1.82) is 0 Å². The number of rotatable bonds is 6. The number of hydrogen-bond acceptors (Lipinski definition) is 7. The maximum absolute atomic E-state index is 13.6. The molecule has 2 saturated heterocycles. The first-order valence-electron chi connectivity index (χ1n) is 12.3. The third-order valence-corrected chi connectivity index (χ3v) is 6.84. The molecule has 0 saturated carbocycles. The number of nitrogens with zero attached hydrogens (tertiary/aromatic N) is 4.